The normalized spacial score (nSPS) is 26.7. The first-order valence-corrected chi connectivity index (χ1v) is 7.18. The smallest absolute Gasteiger partial charge is 0.0537 e. The molecule has 100 valence electrons. The van der Waals surface area contributed by atoms with Crippen molar-refractivity contribution in [1.29, 1.82) is 0 Å². The van der Waals surface area contributed by atoms with E-state index >= 15 is 0 Å². The summed E-state index contributed by atoms with van der Waals surface area (Å²) in [5.41, 5.74) is 1.29. The Hall–Kier alpha value is -0.870. The van der Waals surface area contributed by atoms with Gasteiger partial charge in [-0.2, -0.15) is 5.10 Å². The first kappa shape index (κ1) is 12.2. The Morgan fingerprint density at radius 1 is 1.44 bits per heavy atom. The second-order valence-electron chi connectivity index (χ2n) is 5.96. The topological polar surface area (TPSA) is 33.1 Å². The summed E-state index contributed by atoms with van der Waals surface area (Å²) < 4.78 is 1.87. The number of hydrogen-bond donors (Lipinski definition) is 1. The minimum atomic E-state index is 0.411. The average molecular weight is 248 g/mol. The molecule has 1 saturated heterocycles. The van der Waals surface area contributed by atoms with E-state index in [1.807, 2.05) is 17.9 Å². The molecule has 0 bridgehead atoms. The maximum atomic E-state index is 4.23. The van der Waals surface area contributed by atoms with Gasteiger partial charge in [-0.1, -0.05) is 0 Å². The van der Waals surface area contributed by atoms with Crippen LogP contribution in [0, 0.1) is 5.92 Å². The molecule has 2 fully saturated rings. The summed E-state index contributed by atoms with van der Waals surface area (Å²) in [6.45, 7) is 5.99. The minimum Gasteiger partial charge on any atom is -0.310 e. The molecule has 0 radical (unpaired) electrons. The molecule has 1 aliphatic carbocycles. The second-order valence-corrected chi connectivity index (χ2v) is 5.96. The first-order valence-electron chi connectivity index (χ1n) is 7.18. The number of aryl methyl sites for hydroxylation is 1. The van der Waals surface area contributed by atoms with Gasteiger partial charge in [0.2, 0.25) is 0 Å². The summed E-state index contributed by atoms with van der Waals surface area (Å²) >= 11 is 0. The SMILES string of the molecule is CC(NCC1CCN(C2CC2)C1)c1cnn(C)c1. The van der Waals surface area contributed by atoms with Crippen LogP contribution in [0.4, 0.5) is 0 Å². The van der Waals surface area contributed by atoms with Crippen molar-refractivity contribution >= 4 is 0 Å². The Bertz CT molecular complexity index is 396. The van der Waals surface area contributed by atoms with E-state index in [9.17, 15) is 0 Å². The van der Waals surface area contributed by atoms with Crippen LogP contribution in [0.1, 0.15) is 37.8 Å². The summed E-state index contributed by atoms with van der Waals surface area (Å²) in [4.78, 5) is 2.68. The van der Waals surface area contributed by atoms with Crippen LogP contribution in [0.3, 0.4) is 0 Å². The van der Waals surface area contributed by atoms with Crippen LogP contribution >= 0.6 is 0 Å². The fourth-order valence-corrected chi connectivity index (χ4v) is 2.93. The zero-order valence-electron chi connectivity index (χ0n) is 11.5. The molecule has 2 unspecified atom stereocenters. The third kappa shape index (κ3) is 2.75. The fourth-order valence-electron chi connectivity index (χ4n) is 2.93. The molecule has 1 aromatic heterocycles. The lowest BCUT2D eigenvalue weighted by Crippen LogP contribution is -2.29. The summed E-state index contributed by atoms with van der Waals surface area (Å²) in [7, 11) is 1.97. The third-order valence-corrected chi connectivity index (χ3v) is 4.32. The van der Waals surface area contributed by atoms with Crippen molar-refractivity contribution < 1.29 is 0 Å². The monoisotopic (exact) mass is 248 g/mol. The maximum Gasteiger partial charge on any atom is 0.0537 e. The van der Waals surface area contributed by atoms with E-state index in [2.05, 4.69) is 28.4 Å². The molecule has 0 aromatic carbocycles. The number of nitrogens with zero attached hydrogens (tertiary/aromatic N) is 3. The van der Waals surface area contributed by atoms with E-state index < -0.39 is 0 Å². The molecule has 4 heteroatoms. The van der Waals surface area contributed by atoms with Gasteiger partial charge >= 0.3 is 0 Å². The predicted molar refractivity (Wildman–Crippen MR) is 72.3 cm³/mol. The summed E-state index contributed by atoms with van der Waals surface area (Å²) in [5, 5.41) is 7.88. The molecule has 2 aliphatic rings. The van der Waals surface area contributed by atoms with E-state index in [0.29, 0.717) is 6.04 Å². The Morgan fingerprint density at radius 2 is 2.28 bits per heavy atom. The standard InChI is InChI=1S/C14H24N4/c1-11(13-8-16-17(2)10-13)15-7-12-5-6-18(9-12)14-3-4-14/h8,10-12,14-15H,3-7,9H2,1-2H3. The summed E-state index contributed by atoms with van der Waals surface area (Å²) in [6, 6.07) is 1.35. The van der Waals surface area contributed by atoms with E-state index in [0.717, 1.165) is 18.5 Å². The van der Waals surface area contributed by atoms with Gasteiger partial charge in [0.15, 0.2) is 0 Å². The lowest BCUT2D eigenvalue weighted by Gasteiger charge is -2.17. The van der Waals surface area contributed by atoms with Gasteiger partial charge < -0.3 is 10.2 Å². The highest BCUT2D eigenvalue weighted by Gasteiger charge is 2.34. The molecule has 0 spiro atoms. The van der Waals surface area contributed by atoms with Gasteiger partial charge in [-0.15, -0.1) is 0 Å². The van der Waals surface area contributed by atoms with Crippen LogP contribution < -0.4 is 5.32 Å². The molecule has 1 aliphatic heterocycles. The zero-order valence-corrected chi connectivity index (χ0v) is 11.5. The average Bonchev–Trinajstić information content (AvgIpc) is 2.95. The van der Waals surface area contributed by atoms with Gasteiger partial charge in [-0.3, -0.25) is 4.68 Å². The molecule has 2 heterocycles. The van der Waals surface area contributed by atoms with Crippen molar-refractivity contribution in [3.05, 3.63) is 18.0 Å². The second kappa shape index (κ2) is 5.02. The Kier molecular flexibility index (Phi) is 3.39. The van der Waals surface area contributed by atoms with Crippen molar-refractivity contribution in [2.24, 2.45) is 13.0 Å². The Morgan fingerprint density at radius 3 is 2.94 bits per heavy atom. The van der Waals surface area contributed by atoms with Gasteiger partial charge in [0.25, 0.3) is 0 Å². The molecular formula is C14H24N4. The van der Waals surface area contributed by atoms with E-state index in [4.69, 9.17) is 0 Å². The van der Waals surface area contributed by atoms with Gasteiger partial charge in [0, 0.05) is 37.4 Å². The van der Waals surface area contributed by atoms with Crippen LogP contribution in [0.15, 0.2) is 12.4 Å². The maximum absolute atomic E-state index is 4.23. The quantitative estimate of drug-likeness (QED) is 0.858. The molecule has 1 saturated carbocycles. The third-order valence-electron chi connectivity index (χ3n) is 4.32. The lowest BCUT2D eigenvalue weighted by molar-refractivity contribution is 0.310. The van der Waals surface area contributed by atoms with Crippen molar-refractivity contribution in [3.8, 4) is 0 Å². The van der Waals surface area contributed by atoms with Crippen molar-refractivity contribution in [2.45, 2.75) is 38.3 Å². The van der Waals surface area contributed by atoms with E-state index in [1.165, 1.54) is 37.9 Å². The molecule has 4 nitrogen and oxygen atoms in total. The number of rotatable bonds is 5. The van der Waals surface area contributed by atoms with Crippen molar-refractivity contribution in [1.82, 2.24) is 20.0 Å². The van der Waals surface area contributed by atoms with Crippen LogP contribution in [0.25, 0.3) is 0 Å². The van der Waals surface area contributed by atoms with Gasteiger partial charge in [0.05, 0.1) is 6.20 Å². The number of likely N-dealkylation sites (tertiary alicyclic amines) is 1. The van der Waals surface area contributed by atoms with Crippen LogP contribution in [0.2, 0.25) is 0 Å². The minimum absolute atomic E-state index is 0.411. The summed E-state index contributed by atoms with van der Waals surface area (Å²) in [6.07, 6.45) is 8.30. The number of nitrogens with one attached hydrogen (secondary N) is 1. The van der Waals surface area contributed by atoms with Crippen LogP contribution in [-0.2, 0) is 7.05 Å². The van der Waals surface area contributed by atoms with Gasteiger partial charge in [0.1, 0.15) is 0 Å². The molecule has 3 rings (SSSR count). The number of hydrogen-bond acceptors (Lipinski definition) is 3. The molecule has 0 amide bonds. The predicted octanol–water partition coefficient (Wildman–Crippen LogP) is 1.55. The molecule has 1 N–H and O–H groups in total. The van der Waals surface area contributed by atoms with Gasteiger partial charge in [-0.05, 0) is 45.2 Å². The molecule has 18 heavy (non-hydrogen) atoms. The number of aromatic nitrogens is 2. The molecule has 1 aromatic rings. The highest BCUT2D eigenvalue weighted by atomic mass is 15.2. The largest absolute Gasteiger partial charge is 0.310 e. The highest BCUT2D eigenvalue weighted by molar-refractivity contribution is 5.08. The van der Waals surface area contributed by atoms with Crippen molar-refractivity contribution in [2.75, 3.05) is 19.6 Å². The fraction of sp³-hybridized carbons (Fsp3) is 0.786. The highest BCUT2D eigenvalue weighted by Crippen LogP contribution is 2.31. The lowest BCUT2D eigenvalue weighted by atomic mass is 10.1. The van der Waals surface area contributed by atoms with Crippen molar-refractivity contribution in [3.63, 3.8) is 0 Å². The van der Waals surface area contributed by atoms with E-state index in [1.54, 1.807) is 0 Å². The molecule has 2 atom stereocenters. The zero-order chi connectivity index (χ0) is 12.5. The summed E-state index contributed by atoms with van der Waals surface area (Å²) in [5.74, 6) is 0.838. The Balaban J connectivity index is 1.44. The van der Waals surface area contributed by atoms with Crippen LogP contribution in [0.5, 0.6) is 0 Å². The molecular weight excluding hydrogens is 224 g/mol. The van der Waals surface area contributed by atoms with E-state index in [-0.39, 0.29) is 0 Å². The van der Waals surface area contributed by atoms with Crippen LogP contribution in [-0.4, -0.2) is 40.4 Å². The Labute approximate surface area is 109 Å². The van der Waals surface area contributed by atoms with Gasteiger partial charge in [-0.25, -0.2) is 0 Å². The first-order chi connectivity index (χ1) is 8.72.